The van der Waals surface area contributed by atoms with Gasteiger partial charge in [-0.3, -0.25) is 29.8 Å². The van der Waals surface area contributed by atoms with E-state index in [1.807, 2.05) is 0 Å². The van der Waals surface area contributed by atoms with Crippen LogP contribution in [-0.4, -0.2) is 21.7 Å². The first kappa shape index (κ1) is 13.7. The van der Waals surface area contributed by atoms with Gasteiger partial charge >= 0.3 is 23.2 Å². The molecule has 10 nitrogen and oxygen atoms in total. The second kappa shape index (κ2) is 4.42. The van der Waals surface area contributed by atoms with Crippen LogP contribution in [0.25, 0.3) is 0 Å². The van der Waals surface area contributed by atoms with Crippen LogP contribution in [0, 0.1) is 27.2 Å². The molecular formula is C9H3ClN4O6. The Bertz CT molecular complexity index is 761. The van der Waals surface area contributed by atoms with Crippen LogP contribution in [0.3, 0.4) is 0 Å². The van der Waals surface area contributed by atoms with Gasteiger partial charge in [0, 0.05) is 0 Å². The molecule has 0 aliphatic carbocycles. The van der Waals surface area contributed by atoms with Gasteiger partial charge in [-0.15, -0.1) is 0 Å². The van der Waals surface area contributed by atoms with Gasteiger partial charge in [0.05, 0.1) is 15.4 Å². The summed E-state index contributed by atoms with van der Waals surface area (Å²) in [4.78, 5) is 48.8. The second-order valence-corrected chi connectivity index (χ2v) is 4.06. The number of benzene rings is 1. The minimum absolute atomic E-state index is 0.259. The molecular weight excluding hydrogens is 296 g/mol. The van der Waals surface area contributed by atoms with Gasteiger partial charge in [0.1, 0.15) is 10.7 Å². The maximum atomic E-state index is 11.2. The topological polar surface area (TPSA) is 145 Å². The van der Waals surface area contributed by atoms with Crippen LogP contribution in [0.1, 0.15) is 5.56 Å². The number of fused-ring (bicyclic) bond motifs is 1. The Balaban J connectivity index is 3.13. The average molecular weight is 299 g/mol. The Labute approximate surface area is 113 Å². The van der Waals surface area contributed by atoms with E-state index in [4.69, 9.17) is 11.6 Å². The number of halogens is 1. The Morgan fingerprint density at radius 3 is 1.85 bits per heavy atom. The smallest absolute Gasteiger partial charge is 0.261 e. The van der Waals surface area contributed by atoms with Crippen LogP contribution in [0.2, 0.25) is 5.02 Å². The van der Waals surface area contributed by atoms with Crippen LogP contribution in [0.4, 0.5) is 11.4 Å². The quantitative estimate of drug-likeness (QED) is 0.419. The van der Waals surface area contributed by atoms with Crippen molar-refractivity contribution in [3.8, 4) is 0 Å². The van der Waals surface area contributed by atoms with Gasteiger partial charge in [-0.1, -0.05) is 11.6 Å². The molecule has 102 valence electrons. The number of nitro groups is 2. The largest absolute Gasteiger partial charge is 0.367 e. The summed E-state index contributed by atoms with van der Waals surface area (Å²) in [7, 11) is 0. The van der Waals surface area contributed by atoms with E-state index in [9.17, 15) is 29.8 Å². The summed E-state index contributed by atoms with van der Waals surface area (Å²) in [6.07, 6.45) is 0. The number of nitrogens with zero attached hydrogens (tertiary/aromatic N) is 4. The van der Waals surface area contributed by atoms with Crippen molar-refractivity contribution in [1.82, 2.24) is 0 Å². The van der Waals surface area contributed by atoms with Crippen molar-refractivity contribution in [3.05, 3.63) is 41.5 Å². The number of rotatable bonds is 2. The zero-order valence-electron chi connectivity index (χ0n) is 9.62. The van der Waals surface area contributed by atoms with Crippen LogP contribution in [0.15, 0.2) is 9.98 Å². The second-order valence-electron chi connectivity index (χ2n) is 3.68. The average Bonchev–Trinajstić information content (AvgIpc) is 2.34. The molecule has 0 saturated heterocycles. The normalized spacial score (nSPS) is 13.3. The molecule has 0 unspecified atom stereocenters. The Kier molecular flexibility index (Phi) is 3.02. The highest BCUT2D eigenvalue weighted by atomic mass is 35.5. The van der Waals surface area contributed by atoms with E-state index in [0.29, 0.717) is 0 Å². The molecule has 0 atom stereocenters. The summed E-state index contributed by atoms with van der Waals surface area (Å²) in [5.41, 5.74) is -2.14. The maximum Gasteiger partial charge on any atom is 0.367 e. The molecule has 0 N–H and O–H groups in total. The monoisotopic (exact) mass is 298 g/mol. The third kappa shape index (κ3) is 1.82. The van der Waals surface area contributed by atoms with Crippen molar-refractivity contribution in [2.45, 2.75) is 6.92 Å². The SMILES string of the molecule is Cc1c([N+](=O)[O-])c([N+](=O)[O-])c(Cl)c2c1=NC(=O)C(=O)N=2. The third-order valence-corrected chi connectivity index (χ3v) is 2.91. The first-order valence-electron chi connectivity index (χ1n) is 4.92. The first-order valence-corrected chi connectivity index (χ1v) is 5.30. The number of nitro benzene ring substituents is 2. The fraction of sp³-hybridized carbons (Fsp3) is 0.111. The van der Waals surface area contributed by atoms with E-state index >= 15 is 0 Å². The fourth-order valence-electron chi connectivity index (χ4n) is 1.71. The highest BCUT2D eigenvalue weighted by Gasteiger charge is 2.35. The summed E-state index contributed by atoms with van der Waals surface area (Å²) in [5.74, 6) is -2.47. The molecule has 1 aromatic carbocycles. The fourth-order valence-corrected chi connectivity index (χ4v) is 2.01. The van der Waals surface area contributed by atoms with E-state index < -0.39 is 43.4 Å². The molecule has 11 heteroatoms. The van der Waals surface area contributed by atoms with Gasteiger partial charge in [-0.2, -0.15) is 0 Å². The van der Waals surface area contributed by atoms with Crippen LogP contribution < -0.4 is 10.7 Å². The molecule has 0 fully saturated rings. The van der Waals surface area contributed by atoms with Crippen LogP contribution >= 0.6 is 11.6 Å². The molecule has 0 bridgehead atoms. The van der Waals surface area contributed by atoms with Crippen LogP contribution in [0.5, 0.6) is 0 Å². The molecule has 1 aromatic rings. The molecule has 2 rings (SSSR count). The molecule has 0 aromatic heterocycles. The van der Waals surface area contributed by atoms with Gasteiger partial charge in [0.25, 0.3) is 0 Å². The lowest BCUT2D eigenvalue weighted by molar-refractivity contribution is -0.422. The lowest BCUT2D eigenvalue weighted by Gasteiger charge is -2.04. The Hall–Kier alpha value is -2.75. The van der Waals surface area contributed by atoms with Gasteiger partial charge in [-0.05, 0) is 6.92 Å². The van der Waals surface area contributed by atoms with Crippen molar-refractivity contribution in [3.63, 3.8) is 0 Å². The zero-order valence-corrected chi connectivity index (χ0v) is 10.4. The summed E-state index contributed by atoms with van der Waals surface area (Å²) in [6.45, 7) is 1.16. The standard InChI is InChI=1S/C9H3ClN4O6/c1-2-4-5(12-9(16)8(15)11-4)3(10)7(14(19)20)6(2)13(17)18/h1H3. The molecule has 0 saturated carbocycles. The molecule has 0 spiro atoms. The molecule has 20 heavy (non-hydrogen) atoms. The molecule has 1 heterocycles. The van der Waals surface area contributed by atoms with Gasteiger partial charge in [0.15, 0.2) is 5.02 Å². The molecule has 1 aliphatic heterocycles. The van der Waals surface area contributed by atoms with Gasteiger partial charge in [-0.25, -0.2) is 9.98 Å². The Morgan fingerprint density at radius 2 is 1.40 bits per heavy atom. The maximum absolute atomic E-state index is 11.2. The number of carbonyl (C=O) groups excluding carboxylic acids is 2. The minimum Gasteiger partial charge on any atom is -0.261 e. The van der Waals surface area contributed by atoms with E-state index in [1.165, 1.54) is 0 Å². The summed E-state index contributed by atoms with van der Waals surface area (Å²) >= 11 is 5.69. The third-order valence-electron chi connectivity index (χ3n) is 2.55. The van der Waals surface area contributed by atoms with Crippen molar-refractivity contribution < 1.29 is 19.4 Å². The van der Waals surface area contributed by atoms with Gasteiger partial charge < -0.3 is 0 Å². The van der Waals surface area contributed by atoms with E-state index in [0.717, 1.165) is 6.92 Å². The van der Waals surface area contributed by atoms with E-state index in [1.54, 1.807) is 0 Å². The van der Waals surface area contributed by atoms with Crippen molar-refractivity contribution in [1.29, 1.82) is 0 Å². The predicted molar refractivity (Wildman–Crippen MR) is 61.8 cm³/mol. The highest BCUT2D eigenvalue weighted by Crippen LogP contribution is 2.33. The Morgan fingerprint density at radius 1 is 0.950 bits per heavy atom. The highest BCUT2D eigenvalue weighted by molar-refractivity contribution is 6.37. The summed E-state index contributed by atoms with van der Waals surface area (Å²) < 4.78 is 0. The lowest BCUT2D eigenvalue weighted by atomic mass is 10.1. The number of amides is 2. The lowest BCUT2D eigenvalue weighted by Crippen LogP contribution is -2.38. The number of carbonyl (C=O) groups is 2. The molecule has 2 amide bonds. The van der Waals surface area contributed by atoms with Crippen molar-refractivity contribution in [2.75, 3.05) is 0 Å². The van der Waals surface area contributed by atoms with Crippen molar-refractivity contribution >= 4 is 34.8 Å². The zero-order chi connectivity index (χ0) is 15.2. The summed E-state index contributed by atoms with van der Waals surface area (Å²) in [6, 6.07) is 0. The molecule has 1 aliphatic rings. The number of hydrogen-bond acceptors (Lipinski definition) is 6. The summed E-state index contributed by atoms with van der Waals surface area (Å²) in [5, 5.41) is 20.5. The van der Waals surface area contributed by atoms with E-state index in [-0.39, 0.29) is 10.9 Å². The first-order chi connectivity index (χ1) is 9.25. The van der Waals surface area contributed by atoms with Crippen LogP contribution in [-0.2, 0) is 9.59 Å². The predicted octanol–water partition coefficient (Wildman–Crippen LogP) is -0.229. The van der Waals surface area contributed by atoms with E-state index in [2.05, 4.69) is 9.98 Å². The number of hydrogen-bond donors (Lipinski definition) is 0. The minimum atomic E-state index is -1.25. The van der Waals surface area contributed by atoms with Crippen molar-refractivity contribution in [2.24, 2.45) is 9.98 Å². The van der Waals surface area contributed by atoms with Gasteiger partial charge in [0.2, 0.25) is 0 Å². The molecule has 0 radical (unpaired) electrons.